The van der Waals surface area contributed by atoms with Crippen LogP contribution in [0.3, 0.4) is 0 Å². The van der Waals surface area contributed by atoms with Gasteiger partial charge in [-0.25, -0.2) is 9.79 Å². The third-order valence-corrected chi connectivity index (χ3v) is 5.96. The van der Waals surface area contributed by atoms with E-state index in [4.69, 9.17) is 14.6 Å². The second kappa shape index (κ2) is 9.36. The van der Waals surface area contributed by atoms with Gasteiger partial charge in [-0.15, -0.1) is 0 Å². The monoisotopic (exact) mass is 490 g/mol. The molecule has 1 heterocycles. The summed E-state index contributed by atoms with van der Waals surface area (Å²) < 4.78 is 11.5. The second-order valence-corrected chi connectivity index (χ2v) is 8.00. The van der Waals surface area contributed by atoms with E-state index in [9.17, 15) is 9.59 Å². The molecule has 1 fully saturated rings. The number of amidine groups is 1. The van der Waals surface area contributed by atoms with Crippen molar-refractivity contribution in [3.63, 3.8) is 0 Å². The molecule has 0 atom stereocenters. The van der Waals surface area contributed by atoms with Crippen molar-refractivity contribution in [1.29, 1.82) is 0 Å². The average Bonchev–Trinajstić information content (AvgIpc) is 3.02. The summed E-state index contributed by atoms with van der Waals surface area (Å²) in [6.07, 6.45) is 1.76. The lowest BCUT2D eigenvalue weighted by Crippen LogP contribution is -2.28. The van der Waals surface area contributed by atoms with Crippen molar-refractivity contribution in [1.82, 2.24) is 4.90 Å². The third kappa shape index (κ3) is 4.52. The number of carbonyl (C=O) groups excluding carboxylic acids is 1. The van der Waals surface area contributed by atoms with Crippen molar-refractivity contribution in [2.24, 2.45) is 4.99 Å². The average molecular weight is 491 g/mol. The van der Waals surface area contributed by atoms with Crippen molar-refractivity contribution in [3.05, 3.63) is 56.9 Å². The van der Waals surface area contributed by atoms with E-state index in [1.165, 1.54) is 23.9 Å². The number of carboxylic acids is 1. The van der Waals surface area contributed by atoms with Crippen molar-refractivity contribution in [2.45, 2.75) is 6.92 Å². The van der Waals surface area contributed by atoms with Crippen molar-refractivity contribution < 1.29 is 24.2 Å². The summed E-state index contributed by atoms with van der Waals surface area (Å²) in [4.78, 5) is 30.5. The topological polar surface area (TPSA) is 88.4 Å². The van der Waals surface area contributed by atoms with E-state index in [-0.39, 0.29) is 11.5 Å². The SMILES string of the molecule is CCN1C(=O)C(=Cc2cc(Br)c(OC)cc2OC)SC1=Nc1ccc(C(=O)O)cc1. The Morgan fingerprint density at radius 1 is 1.20 bits per heavy atom. The molecule has 0 bridgehead atoms. The number of aromatic carboxylic acids is 1. The molecule has 1 amide bonds. The van der Waals surface area contributed by atoms with Gasteiger partial charge in [0.25, 0.3) is 5.91 Å². The van der Waals surface area contributed by atoms with Crippen LogP contribution in [0.1, 0.15) is 22.8 Å². The number of benzene rings is 2. The van der Waals surface area contributed by atoms with Gasteiger partial charge in [-0.1, -0.05) is 0 Å². The Labute approximate surface area is 186 Å². The van der Waals surface area contributed by atoms with Crippen LogP contribution in [0.15, 0.2) is 50.8 Å². The van der Waals surface area contributed by atoms with Crippen LogP contribution >= 0.6 is 27.7 Å². The zero-order valence-electron chi connectivity index (χ0n) is 16.5. The van der Waals surface area contributed by atoms with Crippen LogP contribution < -0.4 is 9.47 Å². The van der Waals surface area contributed by atoms with E-state index < -0.39 is 5.97 Å². The molecule has 0 unspecified atom stereocenters. The maximum Gasteiger partial charge on any atom is 0.335 e. The first-order chi connectivity index (χ1) is 14.4. The molecule has 9 heteroatoms. The number of carboxylic acid groups (broad SMARTS) is 1. The molecule has 7 nitrogen and oxygen atoms in total. The summed E-state index contributed by atoms with van der Waals surface area (Å²) in [7, 11) is 3.12. The van der Waals surface area contributed by atoms with Crippen LogP contribution in [0.5, 0.6) is 11.5 Å². The quantitative estimate of drug-likeness (QED) is 0.585. The number of halogens is 1. The number of thioether (sulfide) groups is 1. The predicted octanol–water partition coefficient (Wildman–Crippen LogP) is 4.79. The van der Waals surface area contributed by atoms with Crippen LogP contribution in [0, 0.1) is 0 Å². The number of nitrogens with zero attached hydrogens (tertiary/aromatic N) is 2. The summed E-state index contributed by atoms with van der Waals surface area (Å²) in [5.41, 5.74) is 1.48. The van der Waals surface area contributed by atoms with Gasteiger partial charge in [-0.05, 0) is 71.0 Å². The van der Waals surface area contributed by atoms with Gasteiger partial charge < -0.3 is 14.6 Å². The van der Waals surface area contributed by atoms with Crippen molar-refractivity contribution in [3.8, 4) is 11.5 Å². The minimum absolute atomic E-state index is 0.155. The number of rotatable bonds is 6. The minimum Gasteiger partial charge on any atom is -0.496 e. The van der Waals surface area contributed by atoms with Gasteiger partial charge in [-0.3, -0.25) is 9.69 Å². The van der Waals surface area contributed by atoms with Crippen LogP contribution in [0.2, 0.25) is 0 Å². The van der Waals surface area contributed by atoms with Crippen LogP contribution in [0.4, 0.5) is 5.69 Å². The summed E-state index contributed by atoms with van der Waals surface area (Å²) in [6, 6.07) is 9.76. The summed E-state index contributed by atoms with van der Waals surface area (Å²) >= 11 is 4.71. The number of carbonyl (C=O) groups is 2. The maximum absolute atomic E-state index is 12.9. The molecule has 1 N–H and O–H groups in total. The third-order valence-electron chi connectivity index (χ3n) is 4.33. The molecule has 156 valence electrons. The Morgan fingerprint density at radius 3 is 2.43 bits per heavy atom. The normalized spacial score (nSPS) is 16.4. The maximum atomic E-state index is 12.9. The number of ether oxygens (including phenoxy) is 2. The first kappa shape index (κ1) is 21.9. The molecule has 0 saturated carbocycles. The first-order valence-corrected chi connectivity index (χ1v) is 10.5. The molecule has 3 rings (SSSR count). The van der Waals surface area contributed by atoms with Gasteiger partial charge in [0.05, 0.1) is 34.8 Å². The zero-order valence-corrected chi connectivity index (χ0v) is 18.9. The molecular formula is C21H19BrN2O5S. The fourth-order valence-electron chi connectivity index (χ4n) is 2.80. The van der Waals surface area contributed by atoms with E-state index in [2.05, 4.69) is 20.9 Å². The van der Waals surface area contributed by atoms with Gasteiger partial charge in [0.2, 0.25) is 0 Å². The largest absolute Gasteiger partial charge is 0.496 e. The Kier molecular flexibility index (Phi) is 6.84. The number of methoxy groups -OCH3 is 2. The highest BCUT2D eigenvalue weighted by atomic mass is 79.9. The number of aliphatic imine (C=N–C) groups is 1. The second-order valence-electron chi connectivity index (χ2n) is 6.14. The van der Waals surface area contributed by atoms with Crippen LogP contribution in [0.25, 0.3) is 6.08 Å². The minimum atomic E-state index is -1.00. The Hall–Kier alpha value is -2.78. The van der Waals surface area contributed by atoms with E-state index in [0.717, 1.165) is 10.0 Å². The van der Waals surface area contributed by atoms with Gasteiger partial charge in [0, 0.05) is 18.2 Å². The highest BCUT2D eigenvalue weighted by molar-refractivity contribution is 9.10. The van der Waals surface area contributed by atoms with E-state index in [0.29, 0.717) is 33.8 Å². The van der Waals surface area contributed by atoms with Gasteiger partial charge in [-0.2, -0.15) is 0 Å². The molecule has 2 aromatic rings. The molecule has 0 spiro atoms. The molecule has 2 aromatic carbocycles. The summed E-state index contributed by atoms with van der Waals surface area (Å²) in [6.45, 7) is 2.33. The number of hydrogen-bond donors (Lipinski definition) is 1. The lowest BCUT2D eigenvalue weighted by molar-refractivity contribution is -0.122. The van der Waals surface area contributed by atoms with Gasteiger partial charge in [0.1, 0.15) is 11.5 Å². The zero-order chi connectivity index (χ0) is 21.8. The fourth-order valence-corrected chi connectivity index (χ4v) is 4.37. The highest BCUT2D eigenvalue weighted by Crippen LogP contribution is 2.38. The molecule has 0 aliphatic carbocycles. The predicted molar refractivity (Wildman–Crippen MR) is 121 cm³/mol. The lowest BCUT2D eigenvalue weighted by Gasteiger charge is -2.12. The number of hydrogen-bond acceptors (Lipinski definition) is 6. The Bertz CT molecular complexity index is 1050. The molecule has 1 aliphatic heterocycles. The van der Waals surface area contributed by atoms with E-state index in [1.807, 2.05) is 13.0 Å². The summed E-state index contributed by atoms with van der Waals surface area (Å²) in [5, 5.41) is 9.55. The molecule has 30 heavy (non-hydrogen) atoms. The molecule has 0 aromatic heterocycles. The molecular weight excluding hydrogens is 472 g/mol. The van der Waals surface area contributed by atoms with Gasteiger partial charge >= 0.3 is 5.97 Å². The lowest BCUT2D eigenvalue weighted by atomic mass is 10.1. The van der Waals surface area contributed by atoms with Gasteiger partial charge in [0.15, 0.2) is 5.17 Å². The number of amides is 1. The first-order valence-electron chi connectivity index (χ1n) is 8.93. The Morgan fingerprint density at radius 2 is 1.87 bits per heavy atom. The number of likely N-dealkylation sites (N-methyl/N-ethyl adjacent to an activating group) is 1. The summed E-state index contributed by atoms with van der Waals surface area (Å²) in [5.74, 6) is 0.0484. The van der Waals surface area contributed by atoms with Crippen LogP contribution in [-0.2, 0) is 4.79 Å². The molecule has 0 radical (unpaired) electrons. The van der Waals surface area contributed by atoms with Crippen molar-refractivity contribution >= 4 is 56.5 Å². The highest BCUT2D eigenvalue weighted by Gasteiger charge is 2.32. The molecule has 1 aliphatic rings. The van der Waals surface area contributed by atoms with Crippen LogP contribution in [-0.4, -0.2) is 47.8 Å². The van der Waals surface area contributed by atoms with E-state index >= 15 is 0 Å². The standard InChI is InChI=1S/C21H19BrN2O5S/c1-4-24-19(25)18(10-13-9-15(22)17(29-3)11-16(13)28-2)30-21(24)23-14-7-5-12(6-8-14)20(26)27/h5-11H,4H2,1-3H3,(H,26,27). The Balaban J connectivity index is 1.96. The van der Waals surface area contributed by atoms with E-state index in [1.54, 1.807) is 43.4 Å². The fraction of sp³-hybridized carbons (Fsp3) is 0.190. The van der Waals surface area contributed by atoms with Crippen molar-refractivity contribution in [2.75, 3.05) is 20.8 Å². The smallest absolute Gasteiger partial charge is 0.335 e. The molecule has 1 saturated heterocycles.